The number of rotatable bonds is 3. The Kier molecular flexibility index (Phi) is 3.15. The van der Waals surface area contributed by atoms with Crippen molar-refractivity contribution in [1.82, 2.24) is 9.88 Å². The summed E-state index contributed by atoms with van der Waals surface area (Å²) in [6.45, 7) is -0.101. The van der Waals surface area contributed by atoms with Crippen molar-refractivity contribution in [3.8, 4) is 0 Å². The number of fused-ring (bicyclic) bond motifs is 1. The van der Waals surface area contributed by atoms with Crippen LogP contribution in [0.5, 0.6) is 0 Å². The van der Waals surface area contributed by atoms with E-state index in [0.29, 0.717) is 16.8 Å². The lowest BCUT2D eigenvalue weighted by molar-refractivity contribution is 0.0543. The zero-order chi connectivity index (χ0) is 15.0. The van der Waals surface area contributed by atoms with Crippen molar-refractivity contribution in [3.63, 3.8) is 0 Å². The molecule has 0 spiro atoms. The third-order valence-corrected chi connectivity index (χ3v) is 3.45. The standard InChI is InChI=1S/C15H13N3O3/c16-10-3-1-9(2-4-10)13(19)8-18-14(20)11-5-6-17-7-12(11)15(18)21/h1-7,13,19H,8,16H2. The molecule has 1 unspecified atom stereocenters. The molecule has 1 atom stereocenters. The summed E-state index contributed by atoms with van der Waals surface area (Å²) in [5, 5.41) is 10.2. The van der Waals surface area contributed by atoms with Crippen LogP contribution >= 0.6 is 0 Å². The quantitative estimate of drug-likeness (QED) is 0.647. The molecule has 1 aliphatic heterocycles. The first-order valence-corrected chi connectivity index (χ1v) is 6.41. The largest absolute Gasteiger partial charge is 0.399 e. The summed E-state index contributed by atoms with van der Waals surface area (Å²) in [6, 6.07) is 8.15. The number of carbonyl (C=O) groups excluding carboxylic acids is 2. The minimum absolute atomic E-state index is 0.101. The van der Waals surface area contributed by atoms with Gasteiger partial charge in [0.15, 0.2) is 0 Å². The van der Waals surface area contributed by atoms with Crippen LogP contribution in [0.4, 0.5) is 5.69 Å². The number of pyridine rings is 1. The van der Waals surface area contributed by atoms with Crippen molar-refractivity contribution >= 4 is 17.5 Å². The smallest absolute Gasteiger partial charge is 0.263 e. The molecule has 0 fully saturated rings. The van der Waals surface area contributed by atoms with E-state index in [1.54, 1.807) is 24.3 Å². The number of nitrogens with zero attached hydrogens (tertiary/aromatic N) is 2. The van der Waals surface area contributed by atoms with Crippen LogP contribution in [0.1, 0.15) is 32.4 Å². The van der Waals surface area contributed by atoms with Gasteiger partial charge >= 0.3 is 0 Å². The molecule has 6 nitrogen and oxygen atoms in total. The van der Waals surface area contributed by atoms with Crippen LogP contribution in [0.2, 0.25) is 0 Å². The number of imide groups is 1. The Morgan fingerprint density at radius 2 is 1.76 bits per heavy atom. The van der Waals surface area contributed by atoms with Crippen molar-refractivity contribution in [2.24, 2.45) is 0 Å². The van der Waals surface area contributed by atoms with E-state index >= 15 is 0 Å². The molecule has 0 saturated carbocycles. The molecule has 106 valence electrons. The molecule has 0 saturated heterocycles. The second-order valence-corrected chi connectivity index (χ2v) is 4.82. The van der Waals surface area contributed by atoms with E-state index in [-0.39, 0.29) is 12.1 Å². The Labute approximate surface area is 120 Å². The molecule has 1 aromatic carbocycles. The fraction of sp³-hybridized carbons (Fsp3) is 0.133. The van der Waals surface area contributed by atoms with E-state index in [2.05, 4.69) is 4.98 Å². The zero-order valence-corrected chi connectivity index (χ0v) is 11.1. The molecular weight excluding hydrogens is 270 g/mol. The van der Waals surface area contributed by atoms with Crippen molar-refractivity contribution in [2.45, 2.75) is 6.10 Å². The van der Waals surface area contributed by atoms with Crippen molar-refractivity contribution in [2.75, 3.05) is 12.3 Å². The number of nitrogens with two attached hydrogens (primary N) is 1. The monoisotopic (exact) mass is 283 g/mol. The molecule has 2 aromatic rings. The number of aliphatic hydroxyl groups excluding tert-OH is 1. The van der Waals surface area contributed by atoms with Crippen molar-refractivity contribution in [1.29, 1.82) is 0 Å². The van der Waals surface area contributed by atoms with Gasteiger partial charge in [-0.25, -0.2) is 0 Å². The van der Waals surface area contributed by atoms with Crippen LogP contribution in [0, 0.1) is 0 Å². The lowest BCUT2D eigenvalue weighted by Crippen LogP contribution is -2.33. The number of aromatic nitrogens is 1. The Morgan fingerprint density at radius 1 is 1.10 bits per heavy atom. The molecule has 2 heterocycles. The maximum atomic E-state index is 12.2. The highest BCUT2D eigenvalue weighted by Crippen LogP contribution is 2.24. The number of β-amino-alcohol motifs (C(OH)–C–C–N with tert-alkyl or cyclic N) is 1. The van der Waals surface area contributed by atoms with Gasteiger partial charge in [-0.05, 0) is 23.8 Å². The Bertz CT molecular complexity index is 677. The SMILES string of the molecule is Nc1ccc(C(O)CN2C(=O)c3ccncc3C2=O)cc1. The van der Waals surface area contributed by atoms with Gasteiger partial charge in [-0.3, -0.25) is 19.5 Å². The van der Waals surface area contributed by atoms with Gasteiger partial charge in [-0.2, -0.15) is 0 Å². The molecule has 1 aromatic heterocycles. The summed E-state index contributed by atoms with van der Waals surface area (Å²) in [5.74, 6) is -0.843. The van der Waals surface area contributed by atoms with E-state index in [9.17, 15) is 14.7 Å². The van der Waals surface area contributed by atoms with E-state index in [0.717, 1.165) is 4.90 Å². The van der Waals surface area contributed by atoms with Gasteiger partial charge in [0.25, 0.3) is 11.8 Å². The van der Waals surface area contributed by atoms with Gasteiger partial charge in [-0.15, -0.1) is 0 Å². The molecule has 0 aliphatic carbocycles. The average Bonchev–Trinajstić information content (AvgIpc) is 2.73. The molecule has 2 amide bonds. The number of aliphatic hydroxyl groups is 1. The maximum absolute atomic E-state index is 12.2. The predicted molar refractivity (Wildman–Crippen MR) is 75.4 cm³/mol. The van der Waals surface area contributed by atoms with Gasteiger partial charge < -0.3 is 10.8 Å². The van der Waals surface area contributed by atoms with Crippen LogP contribution in [0.25, 0.3) is 0 Å². The number of amides is 2. The number of hydrogen-bond donors (Lipinski definition) is 2. The highest BCUT2D eigenvalue weighted by Gasteiger charge is 2.36. The Hall–Kier alpha value is -2.73. The van der Waals surface area contributed by atoms with E-state index < -0.39 is 17.9 Å². The highest BCUT2D eigenvalue weighted by molar-refractivity contribution is 6.21. The Morgan fingerprint density at radius 3 is 2.43 bits per heavy atom. The lowest BCUT2D eigenvalue weighted by Gasteiger charge is -2.18. The number of hydrogen-bond acceptors (Lipinski definition) is 5. The Balaban J connectivity index is 1.82. The van der Waals surface area contributed by atoms with Gasteiger partial charge in [0, 0.05) is 18.1 Å². The molecule has 1 aliphatic rings. The van der Waals surface area contributed by atoms with Gasteiger partial charge in [-0.1, -0.05) is 12.1 Å². The number of carbonyl (C=O) groups is 2. The molecule has 0 bridgehead atoms. The highest BCUT2D eigenvalue weighted by atomic mass is 16.3. The predicted octanol–water partition coefficient (Wildman–Crippen LogP) is 0.993. The molecule has 0 radical (unpaired) electrons. The van der Waals surface area contributed by atoms with E-state index in [1.807, 2.05) is 0 Å². The molecular formula is C15H13N3O3. The van der Waals surface area contributed by atoms with Crippen LogP contribution in [-0.4, -0.2) is 33.3 Å². The first kappa shape index (κ1) is 13.3. The van der Waals surface area contributed by atoms with E-state index in [4.69, 9.17) is 5.73 Å². The van der Waals surface area contributed by atoms with Crippen LogP contribution in [-0.2, 0) is 0 Å². The third kappa shape index (κ3) is 2.25. The van der Waals surface area contributed by atoms with Crippen molar-refractivity contribution in [3.05, 3.63) is 59.4 Å². The maximum Gasteiger partial charge on any atom is 0.263 e. The summed E-state index contributed by atoms with van der Waals surface area (Å²) < 4.78 is 0. The second-order valence-electron chi connectivity index (χ2n) is 4.82. The van der Waals surface area contributed by atoms with E-state index in [1.165, 1.54) is 18.5 Å². The molecule has 21 heavy (non-hydrogen) atoms. The average molecular weight is 283 g/mol. The van der Waals surface area contributed by atoms with Gasteiger partial charge in [0.05, 0.1) is 23.8 Å². The lowest BCUT2D eigenvalue weighted by atomic mass is 10.1. The molecule has 3 N–H and O–H groups in total. The topological polar surface area (TPSA) is 96.5 Å². The van der Waals surface area contributed by atoms with Gasteiger partial charge in [0.1, 0.15) is 0 Å². The number of anilines is 1. The minimum Gasteiger partial charge on any atom is -0.399 e. The first-order valence-electron chi connectivity index (χ1n) is 6.41. The summed E-state index contributed by atoms with van der Waals surface area (Å²) >= 11 is 0. The fourth-order valence-electron chi connectivity index (χ4n) is 2.30. The van der Waals surface area contributed by atoms with Crippen LogP contribution in [0.3, 0.4) is 0 Å². The van der Waals surface area contributed by atoms with Crippen LogP contribution in [0.15, 0.2) is 42.7 Å². The zero-order valence-electron chi connectivity index (χ0n) is 11.1. The summed E-state index contributed by atoms with van der Waals surface area (Å²) in [7, 11) is 0. The van der Waals surface area contributed by atoms with Crippen molar-refractivity contribution < 1.29 is 14.7 Å². The first-order chi connectivity index (χ1) is 10.1. The minimum atomic E-state index is -0.958. The molecule has 3 rings (SSSR count). The fourth-order valence-corrected chi connectivity index (χ4v) is 2.30. The third-order valence-electron chi connectivity index (χ3n) is 3.45. The second kappa shape index (κ2) is 4.99. The summed E-state index contributed by atoms with van der Waals surface area (Å²) in [5.41, 5.74) is 7.35. The van der Waals surface area contributed by atoms with Gasteiger partial charge in [0.2, 0.25) is 0 Å². The normalized spacial score (nSPS) is 15.2. The summed E-state index contributed by atoms with van der Waals surface area (Å²) in [4.78, 5) is 29.2. The number of benzene rings is 1. The number of nitrogen functional groups attached to an aromatic ring is 1. The summed E-state index contributed by atoms with van der Waals surface area (Å²) in [6.07, 6.45) is 1.87. The van der Waals surface area contributed by atoms with Crippen LogP contribution < -0.4 is 5.73 Å². The molecule has 6 heteroatoms.